The van der Waals surface area contributed by atoms with E-state index in [2.05, 4.69) is 51.5 Å². The molecular weight excluding hydrogens is 296 g/mol. The second-order valence-electron chi connectivity index (χ2n) is 4.04. The molecule has 0 radical (unpaired) electrons. The Kier molecular flexibility index (Phi) is 4.31. The quantitative estimate of drug-likeness (QED) is 0.921. The van der Waals surface area contributed by atoms with Crippen molar-refractivity contribution in [2.75, 3.05) is 0 Å². The van der Waals surface area contributed by atoms with Crippen LogP contribution < -0.4 is 5.32 Å². The third-order valence-corrected chi connectivity index (χ3v) is 4.84. The molecule has 0 amide bonds. The number of nitrogens with zero attached hydrogens (tertiary/aromatic N) is 1. The molecule has 90 valence electrons. The smallest absolute Gasteiger partial charge is 0.0400 e. The summed E-state index contributed by atoms with van der Waals surface area (Å²) in [5.41, 5.74) is 2.54. The number of rotatable bonds is 4. The Bertz CT molecular complexity index is 496. The van der Waals surface area contributed by atoms with Gasteiger partial charge in [0.25, 0.3) is 0 Å². The van der Waals surface area contributed by atoms with Gasteiger partial charge in [0, 0.05) is 34.3 Å². The van der Waals surface area contributed by atoms with Gasteiger partial charge in [-0.2, -0.15) is 0 Å². The van der Waals surface area contributed by atoms with Gasteiger partial charge in [-0.05, 0) is 58.4 Å². The van der Waals surface area contributed by atoms with E-state index >= 15 is 0 Å². The Morgan fingerprint density at radius 3 is 2.94 bits per heavy atom. The molecule has 0 bridgehead atoms. The van der Waals surface area contributed by atoms with E-state index in [1.165, 1.54) is 20.5 Å². The van der Waals surface area contributed by atoms with E-state index in [-0.39, 0.29) is 0 Å². The minimum Gasteiger partial charge on any atom is -0.305 e. The molecule has 0 aromatic carbocycles. The van der Waals surface area contributed by atoms with E-state index in [0.717, 1.165) is 6.54 Å². The van der Waals surface area contributed by atoms with Crippen LogP contribution in [0.1, 0.15) is 29.0 Å². The molecule has 2 heterocycles. The van der Waals surface area contributed by atoms with Gasteiger partial charge in [-0.1, -0.05) is 0 Å². The van der Waals surface area contributed by atoms with Crippen molar-refractivity contribution in [1.82, 2.24) is 10.3 Å². The van der Waals surface area contributed by atoms with Crippen LogP contribution >= 0.6 is 27.3 Å². The first kappa shape index (κ1) is 12.7. The average Bonchev–Trinajstić information content (AvgIpc) is 2.74. The summed E-state index contributed by atoms with van der Waals surface area (Å²) in [6, 6.07) is 4.49. The van der Waals surface area contributed by atoms with Gasteiger partial charge in [0.05, 0.1) is 0 Å². The Hall–Kier alpha value is -0.710. The summed E-state index contributed by atoms with van der Waals surface area (Å²) in [6.45, 7) is 5.15. The van der Waals surface area contributed by atoms with Gasteiger partial charge in [0.2, 0.25) is 0 Å². The topological polar surface area (TPSA) is 24.9 Å². The van der Waals surface area contributed by atoms with Crippen molar-refractivity contribution in [3.05, 3.63) is 50.4 Å². The van der Waals surface area contributed by atoms with Crippen LogP contribution in [0.5, 0.6) is 0 Å². The van der Waals surface area contributed by atoms with Crippen LogP contribution in [-0.2, 0) is 6.54 Å². The SMILES string of the molecule is Cc1ccncc1CNC(C)c1sccc1Br. The number of thiophene rings is 1. The summed E-state index contributed by atoms with van der Waals surface area (Å²) in [4.78, 5) is 5.50. The normalized spacial score (nSPS) is 12.6. The van der Waals surface area contributed by atoms with Crippen molar-refractivity contribution < 1.29 is 0 Å². The first-order chi connectivity index (χ1) is 8.18. The highest BCUT2D eigenvalue weighted by Gasteiger charge is 2.10. The fraction of sp³-hybridized carbons (Fsp3) is 0.308. The Balaban J connectivity index is 2.00. The molecule has 1 N–H and O–H groups in total. The van der Waals surface area contributed by atoms with E-state index in [1.807, 2.05) is 18.5 Å². The minimum absolute atomic E-state index is 0.351. The highest BCUT2D eigenvalue weighted by atomic mass is 79.9. The molecule has 1 atom stereocenters. The van der Waals surface area contributed by atoms with Crippen LogP contribution in [-0.4, -0.2) is 4.98 Å². The van der Waals surface area contributed by atoms with E-state index in [0.29, 0.717) is 6.04 Å². The summed E-state index contributed by atoms with van der Waals surface area (Å²) in [7, 11) is 0. The maximum absolute atomic E-state index is 4.16. The zero-order valence-corrected chi connectivity index (χ0v) is 12.3. The molecule has 2 nitrogen and oxygen atoms in total. The predicted octanol–water partition coefficient (Wildman–Crippen LogP) is 4.06. The Labute approximate surface area is 114 Å². The molecule has 0 saturated carbocycles. The van der Waals surface area contributed by atoms with Gasteiger partial charge in [0.1, 0.15) is 0 Å². The number of hydrogen-bond donors (Lipinski definition) is 1. The molecule has 0 aliphatic rings. The van der Waals surface area contributed by atoms with Crippen molar-refractivity contribution in [2.24, 2.45) is 0 Å². The van der Waals surface area contributed by atoms with Crippen LogP contribution in [0.3, 0.4) is 0 Å². The number of halogens is 1. The highest BCUT2D eigenvalue weighted by Crippen LogP contribution is 2.28. The van der Waals surface area contributed by atoms with Gasteiger partial charge in [-0.25, -0.2) is 0 Å². The fourth-order valence-electron chi connectivity index (χ4n) is 1.65. The number of pyridine rings is 1. The van der Waals surface area contributed by atoms with Crippen molar-refractivity contribution in [2.45, 2.75) is 26.4 Å². The van der Waals surface area contributed by atoms with Gasteiger partial charge < -0.3 is 5.32 Å². The standard InChI is InChI=1S/C13H15BrN2S/c1-9-3-5-15-7-11(9)8-16-10(2)13-12(14)4-6-17-13/h3-7,10,16H,8H2,1-2H3. The fourth-order valence-corrected chi connectivity index (χ4v) is 3.40. The third kappa shape index (κ3) is 3.15. The summed E-state index contributed by atoms with van der Waals surface area (Å²) in [5.74, 6) is 0. The van der Waals surface area contributed by atoms with Crippen LogP contribution in [0.25, 0.3) is 0 Å². The summed E-state index contributed by atoms with van der Waals surface area (Å²) < 4.78 is 1.19. The minimum atomic E-state index is 0.351. The highest BCUT2D eigenvalue weighted by molar-refractivity contribution is 9.10. The van der Waals surface area contributed by atoms with Gasteiger partial charge in [0.15, 0.2) is 0 Å². The molecule has 0 spiro atoms. The first-order valence-corrected chi connectivity index (χ1v) is 7.21. The molecule has 0 fully saturated rings. The number of aryl methyl sites for hydroxylation is 1. The van der Waals surface area contributed by atoms with Crippen molar-refractivity contribution in [1.29, 1.82) is 0 Å². The monoisotopic (exact) mass is 310 g/mol. The number of hydrogen-bond acceptors (Lipinski definition) is 3. The van der Waals surface area contributed by atoms with Gasteiger partial charge in [-0.15, -0.1) is 11.3 Å². The predicted molar refractivity (Wildman–Crippen MR) is 76.2 cm³/mol. The largest absolute Gasteiger partial charge is 0.305 e. The van der Waals surface area contributed by atoms with E-state index in [1.54, 1.807) is 11.3 Å². The average molecular weight is 311 g/mol. The maximum Gasteiger partial charge on any atom is 0.0400 e. The molecule has 4 heteroatoms. The van der Waals surface area contributed by atoms with Crippen molar-refractivity contribution >= 4 is 27.3 Å². The third-order valence-electron chi connectivity index (χ3n) is 2.78. The Morgan fingerprint density at radius 2 is 2.29 bits per heavy atom. The van der Waals surface area contributed by atoms with Crippen LogP contribution in [0, 0.1) is 6.92 Å². The molecule has 2 aromatic rings. The van der Waals surface area contributed by atoms with Crippen LogP contribution in [0.15, 0.2) is 34.4 Å². The molecule has 1 unspecified atom stereocenters. The lowest BCUT2D eigenvalue weighted by molar-refractivity contribution is 0.579. The van der Waals surface area contributed by atoms with Crippen LogP contribution in [0.2, 0.25) is 0 Å². The molecule has 0 aliphatic carbocycles. The summed E-state index contributed by atoms with van der Waals surface area (Å²) in [6.07, 6.45) is 3.76. The molecular formula is C13H15BrN2S. The second kappa shape index (κ2) is 5.76. The molecule has 17 heavy (non-hydrogen) atoms. The van der Waals surface area contributed by atoms with Crippen LogP contribution in [0.4, 0.5) is 0 Å². The van der Waals surface area contributed by atoms with Gasteiger partial charge in [-0.3, -0.25) is 4.98 Å². The second-order valence-corrected chi connectivity index (χ2v) is 5.84. The summed E-state index contributed by atoms with van der Waals surface area (Å²) >= 11 is 5.34. The summed E-state index contributed by atoms with van der Waals surface area (Å²) in [5, 5.41) is 5.63. The lowest BCUT2D eigenvalue weighted by atomic mass is 10.1. The van der Waals surface area contributed by atoms with E-state index < -0.39 is 0 Å². The molecule has 0 saturated heterocycles. The molecule has 0 aliphatic heterocycles. The number of aromatic nitrogens is 1. The van der Waals surface area contributed by atoms with Gasteiger partial charge >= 0.3 is 0 Å². The lowest BCUT2D eigenvalue weighted by Gasteiger charge is -2.14. The molecule has 2 aromatic heterocycles. The Morgan fingerprint density at radius 1 is 1.47 bits per heavy atom. The molecule has 2 rings (SSSR count). The van der Waals surface area contributed by atoms with Crippen molar-refractivity contribution in [3.8, 4) is 0 Å². The zero-order valence-electron chi connectivity index (χ0n) is 9.90. The van der Waals surface area contributed by atoms with E-state index in [4.69, 9.17) is 0 Å². The zero-order chi connectivity index (χ0) is 12.3. The van der Waals surface area contributed by atoms with Crippen molar-refractivity contribution in [3.63, 3.8) is 0 Å². The van der Waals surface area contributed by atoms with E-state index in [9.17, 15) is 0 Å². The lowest BCUT2D eigenvalue weighted by Crippen LogP contribution is -2.18. The number of nitrogens with one attached hydrogen (secondary N) is 1. The maximum atomic E-state index is 4.16. The first-order valence-electron chi connectivity index (χ1n) is 5.54.